The van der Waals surface area contributed by atoms with Gasteiger partial charge in [0, 0.05) is 18.7 Å². The SMILES string of the molecule is CCN=C(Nc1cccc(C(F)(F)F)c1)S[C@@H]1CC(=O)N(c2ccc(C(=O)O)cc2)C1=O. The lowest BCUT2D eigenvalue weighted by Gasteiger charge is -2.16. The van der Waals surface area contributed by atoms with Crippen LogP contribution in [0.4, 0.5) is 24.5 Å². The second-order valence-electron chi connectivity index (χ2n) is 6.71. The molecule has 1 saturated heterocycles. The summed E-state index contributed by atoms with van der Waals surface area (Å²) in [5, 5.41) is 11.2. The smallest absolute Gasteiger partial charge is 0.416 e. The van der Waals surface area contributed by atoms with Crippen molar-refractivity contribution in [3.63, 3.8) is 0 Å². The van der Waals surface area contributed by atoms with Crippen LogP contribution in [0.15, 0.2) is 53.5 Å². The number of carboxylic acid groups (broad SMARTS) is 1. The fourth-order valence-electron chi connectivity index (χ4n) is 3.00. The number of benzene rings is 2. The van der Waals surface area contributed by atoms with Gasteiger partial charge in [0.1, 0.15) is 5.25 Å². The number of thioether (sulfide) groups is 1. The Hall–Kier alpha value is -3.34. The number of carbonyl (C=O) groups is 3. The van der Waals surface area contributed by atoms with E-state index in [0.717, 1.165) is 28.8 Å². The second-order valence-corrected chi connectivity index (χ2v) is 7.90. The molecule has 2 amide bonds. The predicted molar refractivity (Wildman–Crippen MR) is 115 cm³/mol. The number of anilines is 2. The summed E-state index contributed by atoms with van der Waals surface area (Å²) < 4.78 is 38.9. The van der Waals surface area contributed by atoms with Crippen LogP contribution < -0.4 is 10.2 Å². The number of hydrogen-bond acceptors (Lipinski definition) is 5. The van der Waals surface area contributed by atoms with Gasteiger partial charge >= 0.3 is 12.1 Å². The third kappa shape index (κ3) is 5.28. The van der Waals surface area contributed by atoms with Crippen molar-refractivity contribution in [2.45, 2.75) is 24.8 Å². The van der Waals surface area contributed by atoms with Gasteiger partial charge in [0.15, 0.2) is 5.17 Å². The molecular weight excluding hydrogens is 447 g/mol. The van der Waals surface area contributed by atoms with Gasteiger partial charge in [-0.1, -0.05) is 17.8 Å². The van der Waals surface area contributed by atoms with Gasteiger partial charge in [0.05, 0.1) is 16.8 Å². The molecule has 0 bridgehead atoms. The van der Waals surface area contributed by atoms with E-state index in [1.807, 2.05) is 0 Å². The van der Waals surface area contributed by atoms with Gasteiger partial charge in [-0.15, -0.1) is 0 Å². The maximum atomic E-state index is 13.0. The first-order valence-electron chi connectivity index (χ1n) is 9.45. The van der Waals surface area contributed by atoms with Crippen LogP contribution in [0.25, 0.3) is 0 Å². The lowest BCUT2D eigenvalue weighted by molar-refractivity contribution is -0.137. The summed E-state index contributed by atoms with van der Waals surface area (Å²) in [5.74, 6) is -2.12. The molecule has 11 heteroatoms. The summed E-state index contributed by atoms with van der Waals surface area (Å²) in [6.45, 7) is 2.04. The minimum absolute atomic E-state index is 0.0152. The van der Waals surface area contributed by atoms with Crippen LogP contribution in [0.5, 0.6) is 0 Å². The standard InChI is InChI=1S/C21H18F3N3O4S/c1-2-25-20(26-14-5-3-4-13(10-14)21(22,23)24)32-16-11-17(28)27(18(16)29)15-8-6-12(7-9-15)19(30)31/h3-10,16H,2,11H2,1H3,(H,25,26)(H,30,31)/t16-/m1/s1. The van der Waals surface area contributed by atoms with Crippen molar-refractivity contribution in [2.24, 2.45) is 4.99 Å². The van der Waals surface area contributed by atoms with Crippen molar-refractivity contribution in [3.05, 3.63) is 59.7 Å². The predicted octanol–water partition coefficient (Wildman–Crippen LogP) is 4.26. The molecule has 2 N–H and O–H groups in total. The largest absolute Gasteiger partial charge is 0.478 e. The van der Waals surface area contributed by atoms with E-state index in [0.29, 0.717) is 6.54 Å². The Morgan fingerprint density at radius 3 is 2.50 bits per heavy atom. The number of halogens is 3. The van der Waals surface area contributed by atoms with E-state index in [-0.39, 0.29) is 28.5 Å². The van der Waals surface area contributed by atoms with Gasteiger partial charge in [-0.25, -0.2) is 9.69 Å². The van der Waals surface area contributed by atoms with Crippen LogP contribution in [0.2, 0.25) is 0 Å². The van der Waals surface area contributed by atoms with E-state index in [9.17, 15) is 27.6 Å². The van der Waals surface area contributed by atoms with Crippen LogP contribution in [0, 0.1) is 0 Å². The monoisotopic (exact) mass is 465 g/mol. The Bertz CT molecular complexity index is 1070. The molecule has 1 aliphatic heterocycles. The number of nitrogens with zero attached hydrogens (tertiary/aromatic N) is 2. The number of aliphatic imine (C=N–C) groups is 1. The molecule has 1 atom stereocenters. The number of amides is 2. The van der Waals surface area contributed by atoms with Crippen molar-refractivity contribution >= 4 is 46.1 Å². The van der Waals surface area contributed by atoms with E-state index >= 15 is 0 Å². The maximum absolute atomic E-state index is 13.0. The van der Waals surface area contributed by atoms with Gasteiger partial charge in [0.25, 0.3) is 0 Å². The molecule has 0 spiro atoms. The summed E-state index contributed by atoms with van der Waals surface area (Å²) >= 11 is 0.955. The number of amidine groups is 1. The van der Waals surface area contributed by atoms with Crippen LogP contribution >= 0.6 is 11.8 Å². The highest BCUT2D eigenvalue weighted by molar-refractivity contribution is 8.15. The number of nitrogens with one attached hydrogen (secondary N) is 1. The molecule has 168 valence electrons. The van der Waals surface area contributed by atoms with E-state index in [1.165, 1.54) is 36.4 Å². The molecule has 0 aliphatic carbocycles. The van der Waals surface area contributed by atoms with Crippen molar-refractivity contribution in [1.82, 2.24) is 0 Å². The Labute approximate surface area is 185 Å². The van der Waals surface area contributed by atoms with Crippen LogP contribution in [-0.4, -0.2) is 39.9 Å². The summed E-state index contributed by atoms with van der Waals surface area (Å²) in [5.41, 5.74) is -0.418. The molecule has 1 fully saturated rings. The quantitative estimate of drug-likeness (QED) is 0.389. The molecule has 32 heavy (non-hydrogen) atoms. The number of aromatic carboxylic acids is 1. The highest BCUT2D eigenvalue weighted by Crippen LogP contribution is 2.33. The van der Waals surface area contributed by atoms with E-state index < -0.39 is 34.8 Å². The zero-order valence-corrected chi connectivity index (χ0v) is 17.5. The Kier molecular flexibility index (Phi) is 6.87. The third-order valence-electron chi connectivity index (χ3n) is 4.47. The highest BCUT2D eigenvalue weighted by Gasteiger charge is 2.41. The lowest BCUT2D eigenvalue weighted by atomic mass is 10.2. The first kappa shape index (κ1) is 23.3. The number of imide groups is 1. The maximum Gasteiger partial charge on any atom is 0.416 e. The van der Waals surface area contributed by atoms with Crippen molar-refractivity contribution in [2.75, 3.05) is 16.8 Å². The summed E-state index contributed by atoms with van der Waals surface area (Å²) in [7, 11) is 0. The first-order chi connectivity index (χ1) is 15.1. The fraction of sp³-hybridized carbons (Fsp3) is 0.238. The average Bonchev–Trinajstić information content (AvgIpc) is 3.00. The van der Waals surface area contributed by atoms with Crippen molar-refractivity contribution < 1.29 is 32.7 Å². The lowest BCUT2D eigenvalue weighted by Crippen LogP contribution is -2.31. The molecule has 0 unspecified atom stereocenters. The van der Waals surface area contributed by atoms with Gasteiger partial charge in [-0.2, -0.15) is 13.2 Å². The third-order valence-corrected chi connectivity index (χ3v) is 5.58. The number of carboxylic acids is 1. The van der Waals surface area contributed by atoms with Gasteiger partial charge in [-0.3, -0.25) is 14.6 Å². The minimum atomic E-state index is -4.50. The average molecular weight is 465 g/mol. The molecule has 0 radical (unpaired) electrons. The second kappa shape index (κ2) is 9.43. The molecule has 0 aromatic heterocycles. The number of rotatable bonds is 5. The number of alkyl halides is 3. The van der Waals surface area contributed by atoms with E-state index in [4.69, 9.17) is 5.11 Å². The summed E-state index contributed by atoms with van der Waals surface area (Å²) in [6.07, 6.45) is -4.63. The van der Waals surface area contributed by atoms with E-state index in [1.54, 1.807) is 6.92 Å². The first-order valence-corrected chi connectivity index (χ1v) is 10.3. The normalized spacial score (nSPS) is 17.1. The molecule has 1 heterocycles. The van der Waals surface area contributed by atoms with Crippen LogP contribution in [0.1, 0.15) is 29.3 Å². The molecule has 3 rings (SSSR count). The number of hydrogen-bond donors (Lipinski definition) is 2. The summed E-state index contributed by atoms with van der Waals surface area (Å²) in [6, 6.07) is 9.90. The Morgan fingerprint density at radius 1 is 1.22 bits per heavy atom. The van der Waals surface area contributed by atoms with Crippen LogP contribution in [0.3, 0.4) is 0 Å². The Morgan fingerprint density at radius 2 is 1.91 bits per heavy atom. The summed E-state index contributed by atoms with van der Waals surface area (Å²) in [4.78, 5) is 41.5. The molecule has 0 saturated carbocycles. The number of carbonyl (C=O) groups excluding carboxylic acids is 2. The zero-order chi connectivity index (χ0) is 23.5. The topological polar surface area (TPSA) is 99.1 Å². The fourth-order valence-corrected chi connectivity index (χ4v) is 4.08. The minimum Gasteiger partial charge on any atom is -0.478 e. The molecule has 7 nitrogen and oxygen atoms in total. The van der Waals surface area contributed by atoms with E-state index in [2.05, 4.69) is 10.3 Å². The van der Waals surface area contributed by atoms with Crippen molar-refractivity contribution in [3.8, 4) is 0 Å². The van der Waals surface area contributed by atoms with Gasteiger partial charge in [-0.05, 0) is 49.4 Å². The molecule has 2 aromatic carbocycles. The highest BCUT2D eigenvalue weighted by atomic mass is 32.2. The zero-order valence-electron chi connectivity index (χ0n) is 16.7. The molecular formula is C21H18F3N3O4S. The van der Waals surface area contributed by atoms with Crippen molar-refractivity contribution in [1.29, 1.82) is 0 Å². The van der Waals surface area contributed by atoms with Gasteiger partial charge in [0.2, 0.25) is 11.8 Å². The Balaban J connectivity index is 1.76. The van der Waals surface area contributed by atoms with Crippen LogP contribution in [-0.2, 0) is 15.8 Å². The molecule has 2 aromatic rings. The molecule has 1 aliphatic rings. The van der Waals surface area contributed by atoms with Gasteiger partial charge < -0.3 is 10.4 Å².